The summed E-state index contributed by atoms with van der Waals surface area (Å²) >= 11 is 0. The molecule has 1 aromatic carbocycles. The number of rotatable bonds is 7. The number of carbonyl (C=O) groups is 1. The van der Waals surface area contributed by atoms with Crippen molar-refractivity contribution in [1.29, 1.82) is 0 Å². The molecular formula is C22H27N7O3. The molecule has 0 bridgehead atoms. The summed E-state index contributed by atoms with van der Waals surface area (Å²) in [6.45, 7) is 4.51. The predicted octanol–water partition coefficient (Wildman–Crippen LogP) is 1.60. The largest absolute Gasteiger partial charge is 0.346 e. The summed E-state index contributed by atoms with van der Waals surface area (Å²) in [5.74, 6) is 0.801. The average Bonchev–Trinajstić information content (AvgIpc) is 3.38. The minimum absolute atomic E-state index is 0.0890. The van der Waals surface area contributed by atoms with Crippen LogP contribution in [0.1, 0.15) is 38.6 Å². The lowest BCUT2D eigenvalue weighted by Gasteiger charge is -2.20. The predicted molar refractivity (Wildman–Crippen MR) is 121 cm³/mol. The van der Waals surface area contributed by atoms with Gasteiger partial charge in [-0.3, -0.25) is 18.7 Å². The van der Waals surface area contributed by atoms with E-state index in [-0.39, 0.29) is 24.3 Å². The maximum absolute atomic E-state index is 12.7. The number of aryl methyl sites for hydroxylation is 2. The zero-order valence-corrected chi connectivity index (χ0v) is 18.6. The molecule has 4 rings (SSSR count). The summed E-state index contributed by atoms with van der Waals surface area (Å²) in [6.07, 6.45) is 2.35. The molecule has 0 spiro atoms. The van der Waals surface area contributed by atoms with E-state index in [1.165, 1.54) is 17.9 Å². The molecule has 0 aliphatic rings. The van der Waals surface area contributed by atoms with Crippen molar-refractivity contribution in [2.24, 2.45) is 20.0 Å². The summed E-state index contributed by atoms with van der Waals surface area (Å²) in [5.41, 5.74) is 1.69. The zero-order chi connectivity index (χ0) is 23.0. The van der Waals surface area contributed by atoms with Gasteiger partial charge in [0.25, 0.3) is 5.56 Å². The van der Waals surface area contributed by atoms with Crippen molar-refractivity contribution in [3.8, 4) is 0 Å². The third kappa shape index (κ3) is 3.83. The van der Waals surface area contributed by atoms with Gasteiger partial charge in [0.2, 0.25) is 5.91 Å². The maximum atomic E-state index is 12.7. The van der Waals surface area contributed by atoms with Gasteiger partial charge in [-0.15, -0.1) is 0 Å². The fourth-order valence-corrected chi connectivity index (χ4v) is 3.89. The van der Waals surface area contributed by atoms with E-state index >= 15 is 0 Å². The lowest BCUT2D eigenvalue weighted by molar-refractivity contribution is -0.122. The van der Waals surface area contributed by atoms with Crippen molar-refractivity contribution in [2.75, 3.05) is 0 Å². The average molecular weight is 438 g/mol. The first-order chi connectivity index (χ1) is 15.3. The molecule has 1 amide bonds. The molecular weight excluding hydrogens is 410 g/mol. The number of hydrogen-bond acceptors (Lipinski definition) is 5. The summed E-state index contributed by atoms with van der Waals surface area (Å²) in [5, 5.41) is 3.08. The normalized spacial score (nSPS) is 12.7. The first-order valence-electron chi connectivity index (χ1n) is 10.6. The Labute approximate surface area is 183 Å². The highest BCUT2D eigenvalue weighted by Gasteiger charge is 2.22. The fourth-order valence-electron chi connectivity index (χ4n) is 3.89. The van der Waals surface area contributed by atoms with E-state index in [4.69, 9.17) is 0 Å². The second-order valence-corrected chi connectivity index (χ2v) is 8.35. The summed E-state index contributed by atoms with van der Waals surface area (Å²) in [6, 6.07) is 7.54. The molecule has 10 nitrogen and oxygen atoms in total. The topological polar surface area (TPSA) is 120 Å². The number of carbonyl (C=O) groups excluding carboxylic acids is 1. The van der Waals surface area contributed by atoms with E-state index in [9.17, 15) is 14.4 Å². The number of amides is 1. The van der Waals surface area contributed by atoms with Crippen LogP contribution in [0.25, 0.3) is 22.2 Å². The number of H-pyrrole nitrogens is 1. The molecule has 1 atom stereocenters. The van der Waals surface area contributed by atoms with Crippen LogP contribution in [0.3, 0.4) is 0 Å². The molecule has 4 aromatic rings. The number of aromatic nitrogens is 6. The third-order valence-electron chi connectivity index (χ3n) is 5.71. The molecule has 2 N–H and O–H groups in total. The minimum Gasteiger partial charge on any atom is -0.346 e. The Morgan fingerprint density at radius 3 is 2.62 bits per heavy atom. The van der Waals surface area contributed by atoms with Crippen molar-refractivity contribution in [3.63, 3.8) is 0 Å². The fraction of sp³-hybridized carbons (Fsp3) is 0.409. The molecule has 3 aromatic heterocycles. The summed E-state index contributed by atoms with van der Waals surface area (Å²) in [4.78, 5) is 49.4. The van der Waals surface area contributed by atoms with Gasteiger partial charge < -0.3 is 14.9 Å². The third-order valence-corrected chi connectivity index (χ3v) is 5.71. The number of nitrogens with one attached hydrogen (secondary N) is 2. The molecule has 10 heteroatoms. The molecule has 0 saturated heterocycles. The van der Waals surface area contributed by atoms with Gasteiger partial charge >= 0.3 is 5.69 Å². The molecule has 168 valence electrons. The quantitative estimate of drug-likeness (QED) is 0.455. The van der Waals surface area contributed by atoms with Crippen LogP contribution >= 0.6 is 0 Å². The first-order valence-corrected chi connectivity index (χ1v) is 10.6. The van der Waals surface area contributed by atoms with Gasteiger partial charge in [0.05, 0.1) is 23.4 Å². The van der Waals surface area contributed by atoms with Crippen LogP contribution in [0.15, 0.2) is 40.2 Å². The second kappa shape index (κ2) is 8.45. The standard InChI is InChI=1S/C22H27N7O3/c1-13(2)17(19-24-14-8-5-6-9-15(14)25-19)26-16(30)10-7-11-29-12-23-20-18(29)21(31)28(4)22(32)27(20)3/h5-6,8-9,12-13,17H,7,10-11H2,1-4H3,(H,24,25)(H,26,30)/t17-/m1/s1. The molecule has 32 heavy (non-hydrogen) atoms. The lowest BCUT2D eigenvalue weighted by Crippen LogP contribution is -2.37. The van der Waals surface area contributed by atoms with Crippen molar-refractivity contribution in [3.05, 3.63) is 57.3 Å². The Kier molecular flexibility index (Phi) is 5.68. The van der Waals surface area contributed by atoms with Crippen LogP contribution < -0.4 is 16.6 Å². The van der Waals surface area contributed by atoms with Crippen LogP contribution in [-0.4, -0.2) is 34.6 Å². The Hall–Kier alpha value is -3.69. The van der Waals surface area contributed by atoms with Gasteiger partial charge in [0, 0.05) is 27.1 Å². The van der Waals surface area contributed by atoms with E-state index in [1.54, 1.807) is 11.6 Å². The van der Waals surface area contributed by atoms with Crippen LogP contribution in [0.4, 0.5) is 0 Å². The van der Waals surface area contributed by atoms with Crippen LogP contribution in [0.2, 0.25) is 0 Å². The number of imidazole rings is 2. The molecule has 0 aliphatic carbocycles. The smallest absolute Gasteiger partial charge is 0.332 e. The minimum atomic E-state index is -0.419. The molecule has 0 aliphatic heterocycles. The van der Waals surface area contributed by atoms with Crippen LogP contribution in [0, 0.1) is 5.92 Å². The number of para-hydroxylation sites is 2. The van der Waals surface area contributed by atoms with E-state index in [0.717, 1.165) is 21.4 Å². The van der Waals surface area contributed by atoms with Gasteiger partial charge in [-0.2, -0.15) is 0 Å². The van der Waals surface area contributed by atoms with E-state index < -0.39 is 11.2 Å². The molecule has 0 fully saturated rings. The monoisotopic (exact) mass is 437 g/mol. The van der Waals surface area contributed by atoms with E-state index in [2.05, 4.69) is 20.3 Å². The van der Waals surface area contributed by atoms with Crippen molar-refractivity contribution < 1.29 is 4.79 Å². The van der Waals surface area contributed by atoms with Crippen molar-refractivity contribution in [2.45, 2.75) is 39.3 Å². The Morgan fingerprint density at radius 1 is 1.16 bits per heavy atom. The highest BCUT2D eigenvalue weighted by Crippen LogP contribution is 2.22. The van der Waals surface area contributed by atoms with E-state index in [0.29, 0.717) is 24.1 Å². The number of hydrogen-bond donors (Lipinski definition) is 2. The zero-order valence-electron chi connectivity index (χ0n) is 18.6. The molecule has 3 heterocycles. The SMILES string of the molecule is CC(C)[C@@H](NC(=O)CCCn1cnc2c1c(=O)n(C)c(=O)n2C)c1nc2ccccc2[nH]1. The first kappa shape index (κ1) is 21.5. The van der Waals surface area contributed by atoms with Crippen molar-refractivity contribution >= 4 is 28.1 Å². The Balaban J connectivity index is 1.44. The van der Waals surface area contributed by atoms with Crippen molar-refractivity contribution in [1.82, 2.24) is 34.0 Å². The highest BCUT2D eigenvalue weighted by molar-refractivity contribution is 5.77. The van der Waals surface area contributed by atoms with Gasteiger partial charge in [0.1, 0.15) is 5.82 Å². The van der Waals surface area contributed by atoms with Crippen LogP contribution in [0.5, 0.6) is 0 Å². The second-order valence-electron chi connectivity index (χ2n) is 8.35. The Bertz CT molecular complexity index is 1370. The summed E-state index contributed by atoms with van der Waals surface area (Å²) < 4.78 is 4.11. The number of nitrogens with zero attached hydrogens (tertiary/aromatic N) is 5. The van der Waals surface area contributed by atoms with E-state index in [1.807, 2.05) is 38.1 Å². The summed E-state index contributed by atoms with van der Waals surface area (Å²) in [7, 11) is 3.03. The van der Waals surface area contributed by atoms with Gasteiger partial charge in [0.15, 0.2) is 11.2 Å². The van der Waals surface area contributed by atoms with Crippen LogP contribution in [-0.2, 0) is 25.4 Å². The maximum Gasteiger partial charge on any atom is 0.332 e. The molecule has 0 radical (unpaired) electrons. The number of benzene rings is 1. The molecule has 0 unspecified atom stereocenters. The number of aromatic amines is 1. The highest BCUT2D eigenvalue weighted by atomic mass is 16.2. The Morgan fingerprint density at radius 2 is 1.91 bits per heavy atom. The lowest BCUT2D eigenvalue weighted by atomic mass is 10.0. The number of fused-ring (bicyclic) bond motifs is 2. The van der Waals surface area contributed by atoms with Gasteiger partial charge in [-0.1, -0.05) is 26.0 Å². The van der Waals surface area contributed by atoms with Gasteiger partial charge in [-0.05, 0) is 24.5 Å². The molecule has 0 saturated carbocycles. The van der Waals surface area contributed by atoms with Gasteiger partial charge in [-0.25, -0.2) is 14.8 Å².